The smallest absolute Gasteiger partial charge is 0.0728 e. The van der Waals surface area contributed by atoms with Crippen molar-refractivity contribution >= 4 is 5.69 Å². The largest absolute Gasteiger partial charge is 0.379 e. The molecule has 1 aromatic heterocycles. The van der Waals surface area contributed by atoms with Crippen LogP contribution >= 0.6 is 0 Å². The summed E-state index contributed by atoms with van der Waals surface area (Å²) in [6.07, 6.45) is 4.22. The molecule has 0 radical (unpaired) electrons. The van der Waals surface area contributed by atoms with Gasteiger partial charge in [-0.15, -0.1) is 0 Å². The third kappa shape index (κ3) is 2.79. The molecule has 1 atom stereocenters. The van der Waals surface area contributed by atoms with Crippen LogP contribution in [0.1, 0.15) is 20.3 Å². The maximum atomic E-state index is 8.46. The average molecular weight is 178 g/mol. The van der Waals surface area contributed by atoms with E-state index in [9.17, 15) is 0 Å². The monoisotopic (exact) mass is 178 g/mol. The lowest BCUT2D eigenvalue weighted by molar-refractivity contribution is 0.660. The fourth-order valence-electron chi connectivity index (χ4n) is 1.08. The molecule has 0 saturated heterocycles. The van der Waals surface area contributed by atoms with E-state index in [2.05, 4.69) is 16.5 Å². The Morgan fingerprint density at radius 1 is 1.77 bits per heavy atom. The van der Waals surface area contributed by atoms with Crippen LogP contribution in [0.5, 0.6) is 0 Å². The van der Waals surface area contributed by atoms with Gasteiger partial charge >= 0.3 is 0 Å². The zero-order chi connectivity index (χ0) is 9.68. The molecule has 1 N–H and O–H groups in total. The van der Waals surface area contributed by atoms with Crippen LogP contribution in [0.25, 0.3) is 0 Å². The van der Waals surface area contributed by atoms with E-state index >= 15 is 0 Å². The molecule has 70 valence electrons. The normalized spacial score (nSPS) is 12.1. The van der Waals surface area contributed by atoms with E-state index in [0.717, 1.165) is 12.2 Å². The molecule has 1 heterocycles. The van der Waals surface area contributed by atoms with E-state index < -0.39 is 0 Å². The second-order valence-electron chi connectivity index (χ2n) is 2.99. The van der Waals surface area contributed by atoms with Crippen LogP contribution in [-0.4, -0.2) is 15.8 Å². The van der Waals surface area contributed by atoms with E-state index in [4.69, 9.17) is 5.26 Å². The summed E-state index contributed by atoms with van der Waals surface area (Å²) in [6, 6.07) is 2.30. The summed E-state index contributed by atoms with van der Waals surface area (Å²) in [5, 5.41) is 15.8. The molecule has 4 heteroatoms. The molecule has 0 fully saturated rings. The molecule has 4 nitrogen and oxygen atoms in total. The fourth-order valence-corrected chi connectivity index (χ4v) is 1.08. The van der Waals surface area contributed by atoms with Crippen molar-refractivity contribution in [2.75, 3.05) is 5.32 Å². The number of nitrogens with zero attached hydrogens (tertiary/aromatic N) is 3. The molecular formula is C9H14N4. The minimum Gasteiger partial charge on any atom is -0.379 e. The Kier molecular flexibility index (Phi) is 3.32. The van der Waals surface area contributed by atoms with E-state index in [-0.39, 0.29) is 6.04 Å². The molecular weight excluding hydrogens is 164 g/mol. The molecule has 1 rings (SSSR count). The Balaban J connectivity index is 2.49. The summed E-state index contributed by atoms with van der Waals surface area (Å²) in [5.41, 5.74) is 0.976. The molecule has 0 aliphatic carbocycles. The Morgan fingerprint density at radius 3 is 3.08 bits per heavy atom. The lowest BCUT2D eigenvalue weighted by Crippen LogP contribution is -2.13. The highest BCUT2D eigenvalue weighted by molar-refractivity contribution is 5.39. The molecule has 1 unspecified atom stereocenters. The Hall–Kier alpha value is -1.50. The van der Waals surface area contributed by atoms with Crippen LogP contribution < -0.4 is 5.32 Å². The fraction of sp³-hybridized carbons (Fsp3) is 0.556. The van der Waals surface area contributed by atoms with E-state index in [1.807, 2.05) is 24.7 Å². The first kappa shape index (κ1) is 9.59. The average Bonchev–Trinajstić information content (AvgIpc) is 2.52. The highest BCUT2D eigenvalue weighted by atomic mass is 15.3. The third-order valence-electron chi connectivity index (χ3n) is 1.77. The number of hydrogen-bond acceptors (Lipinski definition) is 3. The number of aromatic nitrogens is 2. The number of anilines is 1. The van der Waals surface area contributed by atoms with Crippen LogP contribution in [0.15, 0.2) is 12.4 Å². The van der Waals surface area contributed by atoms with Gasteiger partial charge in [0.05, 0.1) is 24.4 Å². The summed E-state index contributed by atoms with van der Waals surface area (Å²) in [5.74, 6) is 0. The van der Waals surface area contributed by atoms with Crippen LogP contribution in [0.4, 0.5) is 5.69 Å². The van der Waals surface area contributed by atoms with Crippen molar-refractivity contribution in [2.45, 2.75) is 32.9 Å². The first-order valence-corrected chi connectivity index (χ1v) is 4.42. The van der Waals surface area contributed by atoms with Gasteiger partial charge in [-0.3, -0.25) is 4.68 Å². The molecule has 13 heavy (non-hydrogen) atoms. The van der Waals surface area contributed by atoms with Crippen molar-refractivity contribution in [1.82, 2.24) is 9.78 Å². The second kappa shape index (κ2) is 4.51. The first-order chi connectivity index (χ1) is 6.26. The minimum absolute atomic E-state index is 0.180. The first-order valence-electron chi connectivity index (χ1n) is 4.42. The van der Waals surface area contributed by atoms with Gasteiger partial charge in [0.2, 0.25) is 0 Å². The number of hydrogen-bond donors (Lipinski definition) is 1. The molecule has 0 aromatic carbocycles. The predicted molar refractivity (Wildman–Crippen MR) is 51.2 cm³/mol. The van der Waals surface area contributed by atoms with E-state index in [1.54, 1.807) is 6.20 Å². The molecule has 1 aromatic rings. The Labute approximate surface area is 78.2 Å². The van der Waals surface area contributed by atoms with Gasteiger partial charge in [-0.1, -0.05) is 0 Å². The SMILES string of the molecule is CCn1cc(NC(C)CC#N)cn1. The number of aryl methyl sites for hydroxylation is 1. The lowest BCUT2D eigenvalue weighted by Gasteiger charge is -2.08. The van der Waals surface area contributed by atoms with Crippen molar-refractivity contribution < 1.29 is 0 Å². The summed E-state index contributed by atoms with van der Waals surface area (Å²) >= 11 is 0. The highest BCUT2D eigenvalue weighted by Crippen LogP contribution is 2.07. The van der Waals surface area contributed by atoms with Crippen molar-refractivity contribution in [2.24, 2.45) is 0 Å². The van der Waals surface area contributed by atoms with E-state index in [1.165, 1.54) is 0 Å². The maximum absolute atomic E-state index is 8.46. The topological polar surface area (TPSA) is 53.6 Å². The zero-order valence-corrected chi connectivity index (χ0v) is 7.99. The molecule has 0 saturated carbocycles. The predicted octanol–water partition coefficient (Wildman–Crippen LogP) is 1.62. The number of rotatable bonds is 4. The number of nitrogens with one attached hydrogen (secondary N) is 1. The quantitative estimate of drug-likeness (QED) is 0.762. The van der Waals surface area contributed by atoms with Gasteiger partial charge in [-0.05, 0) is 13.8 Å². The van der Waals surface area contributed by atoms with Gasteiger partial charge in [0.1, 0.15) is 0 Å². The summed E-state index contributed by atoms with van der Waals surface area (Å²) < 4.78 is 1.85. The molecule has 0 aliphatic heterocycles. The summed E-state index contributed by atoms with van der Waals surface area (Å²) in [7, 11) is 0. The summed E-state index contributed by atoms with van der Waals surface area (Å²) in [4.78, 5) is 0. The zero-order valence-electron chi connectivity index (χ0n) is 7.99. The van der Waals surface area contributed by atoms with Gasteiger partial charge in [-0.2, -0.15) is 10.4 Å². The van der Waals surface area contributed by atoms with Crippen molar-refractivity contribution in [3.63, 3.8) is 0 Å². The lowest BCUT2D eigenvalue weighted by atomic mass is 10.2. The minimum atomic E-state index is 0.180. The summed E-state index contributed by atoms with van der Waals surface area (Å²) in [6.45, 7) is 4.89. The van der Waals surface area contributed by atoms with Crippen LogP contribution in [-0.2, 0) is 6.54 Å². The van der Waals surface area contributed by atoms with Crippen molar-refractivity contribution in [3.8, 4) is 6.07 Å². The van der Waals surface area contributed by atoms with Gasteiger partial charge in [0, 0.05) is 18.8 Å². The second-order valence-corrected chi connectivity index (χ2v) is 2.99. The van der Waals surface area contributed by atoms with E-state index in [0.29, 0.717) is 6.42 Å². The molecule has 0 spiro atoms. The van der Waals surface area contributed by atoms with Crippen LogP contribution in [0.3, 0.4) is 0 Å². The van der Waals surface area contributed by atoms with Gasteiger partial charge < -0.3 is 5.32 Å². The van der Waals surface area contributed by atoms with Crippen molar-refractivity contribution in [3.05, 3.63) is 12.4 Å². The maximum Gasteiger partial charge on any atom is 0.0728 e. The van der Waals surface area contributed by atoms with Gasteiger partial charge in [0.25, 0.3) is 0 Å². The van der Waals surface area contributed by atoms with Crippen LogP contribution in [0.2, 0.25) is 0 Å². The molecule has 0 aliphatic rings. The highest BCUT2D eigenvalue weighted by Gasteiger charge is 2.02. The molecule has 0 amide bonds. The molecule has 0 bridgehead atoms. The third-order valence-corrected chi connectivity index (χ3v) is 1.77. The van der Waals surface area contributed by atoms with Crippen LogP contribution in [0, 0.1) is 11.3 Å². The Morgan fingerprint density at radius 2 is 2.54 bits per heavy atom. The number of nitriles is 1. The van der Waals surface area contributed by atoms with Gasteiger partial charge in [-0.25, -0.2) is 0 Å². The van der Waals surface area contributed by atoms with Crippen molar-refractivity contribution in [1.29, 1.82) is 5.26 Å². The Bertz CT molecular complexity index is 297. The van der Waals surface area contributed by atoms with Gasteiger partial charge in [0.15, 0.2) is 0 Å². The standard InChI is InChI=1S/C9H14N4/c1-3-13-7-9(6-11-13)12-8(2)4-5-10/h6-8,12H,3-4H2,1-2H3.